The third-order valence-corrected chi connectivity index (χ3v) is 3.09. The van der Waals surface area contributed by atoms with Crippen molar-refractivity contribution >= 4 is 40.7 Å². The normalized spacial score (nSPS) is 11.8. The van der Waals surface area contributed by atoms with Crippen LogP contribution in [-0.4, -0.2) is 36.3 Å². The van der Waals surface area contributed by atoms with Gasteiger partial charge in [-0.3, -0.25) is 9.59 Å². The Balaban J connectivity index is 2.60. The van der Waals surface area contributed by atoms with Gasteiger partial charge in [-0.2, -0.15) is 0 Å². The molecule has 0 saturated heterocycles. The number of halogens is 2. The number of benzene rings is 1. The highest BCUT2D eigenvalue weighted by molar-refractivity contribution is 6.42. The van der Waals surface area contributed by atoms with Crippen LogP contribution in [0.25, 0.3) is 0 Å². The van der Waals surface area contributed by atoms with Crippen molar-refractivity contribution in [1.29, 1.82) is 0 Å². The molecule has 0 saturated carbocycles. The third kappa shape index (κ3) is 4.70. The zero-order valence-corrected chi connectivity index (χ0v) is 12.1. The number of carbonyl (C=O) groups is 2. The molecule has 19 heavy (non-hydrogen) atoms. The largest absolute Gasteiger partial charge is 0.335 e. The van der Waals surface area contributed by atoms with Crippen LogP contribution in [0.4, 0.5) is 5.69 Å². The van der Waals surface area contributed by atoms with E-state index in [1.54, 1.807) is 19.1 Å². The first kappa shape index (κ1) is 15.8. The Bertz CT molecular complexity index is 492. The van der Waals surface area contributed by atoms with Crippen LogP contribution in [0.15, 0.2) is 18.2 Å². The van der Waals surface area contributed by atoms with E-state index in [4.69, 9.17) is 28.9 Å². The summed E-state index contributed by atoms with van der Waals surface area (Å²) in [7, 11) is 1.51. The number of anilines is 1. The van der Waals surface area contributed by atoms with E-state index >= 15 is 0 Å². The second-order valence-corrected chi connectivity index (χ2v) is 4.97. The number of hydrogen-bond acceptors (Lipinski definition) is 3. The monoisotopic (exact) mass is 303 g/mol. The first-order valence-corrected chi connectivity index (χ1v) is 6.32. The van der Waals surface area contributed by atoms with Crippen LogP contribution >= 0.6 is 23.2 Å². The topological polar surface area (TPSA) is 75.4 Å². The van der Waals surface area contributed by atoms with Crippen molar-refractivity contribution in [3.63, 3.8) is 0 Å². The van der Waals surface area contributed by atoms with Gasteiger partial charge in [-0.1, -0.05) is 23.2 Å². The summed E-state index contributed by atoms with van der Waals surface area (Å²) in [6, 6.07) is 4.10. The summed E-state index contributed by atoms with van der Waals surface area (Å²) in [4.78, 5) is 24.5. The molecule has 1 rings (SSSR count). The number of rotatable bonds is 4. The minimum Gasteiger partial charge on any atom is -0.335 e. The first-order valence-electron chi connectivity index (χ1n) is 5.56. The van der Waals surface area contributed by atoms with Crippen molar-refractivity contribution in [1.82, 2.24) is 4.90 Å². The summed E-state index contributed by atoms with van der Waals surface area (Å²) in [5, 5.41) is 3.37. The molecule has 0 radical (unpaired) electrons. The van der Waals surface area contributed by atoms with Crippen molar-refractivity contribution in [2.24, 2.45) is 5.73 Å². The lowest BCUT2D eigenvalue weighted by molar-refractivity contribution is -0.134. The van der Waals surface area contributed by atoms with E-state index in [0.29, 0.717) is 15.7 Å². The van der Waals surface area contributed by atoms with E-state index in [9.17, 15) is 9.59 Å². The van der Waals surface area contributed by atoms with E-state index in [0.717, 1.165) is 0 Å². The summed E-state index contributed by atoms with van der Waals surface area (Å²) in [6.45, 7) is 1.48. The van der Waals surface area contributed by atoms with Gasteiger partial charge in [0, 0.05) is 12.7 Å². The number of nitrogens with one attached hydrogen (secondary N) is 1. The highest BCUT2D eigenvalue weighted by atomic mass is 35.5. The van der Waals surface area contributed by atoms with E-state index in [2.05, 4.69) is 5.32 Å². The van der Waals surface area contributed by atoms with Gasteiger partial charge in [-0.15, -0.1) is 0 Å². The summed E-state index contributed by atoms with van der Waals surface area (Å²) in [5.74, 6) is -0.640. The number of likely N-dealkylation sites (N-methyl/N-ethyl adjacent to an activating group) is 1. The second kappa shape index (κ2) is 6.75. The van der Waals surface area contributed by atoms with Gasteiger partial charge in [0.1, 0.15) is 0 Å². The lowest BCUT2D eigenvalue weighted by atomic mass is 10.3. The molecule has 0 aliphatic heterocycles. The minimum absolute atomic E-state index is 0.0827. The van der Waals surface area contributed by atoms with E-state index < -0.39 is 6.04 Å². The fraction of sp³-hybridized carbons (Fsp3) is 0.333. The smallest absolute Gasteiger partial charge is 0.243 e. The number of nitrogens with zero attached hydrogens (tertiary/aromatic N) is 1. The van der Waals surface area contributed by atoms with Crippen LogP contribution in [0.5, 0.6) is 0 Å². The molecular formula is C12H15Cl2N3O2. The Morgan fingerprint density at radius 1 is 1.37 bits per heavy atom. The number of amides is 2. The lowest BCUT2D eigenvalue weighted by Crippen LogP contribution is -2.43. The van der Waals surface area contributed by atoms with Crippen molar-refractivity contribution in [3.8, 4) is 0 Å². The van der Waals surface area contributed by atoms with Crippen LogP contribution in [0.2, 0.25) is 10.0 Å². The molecule has 0 aromatic heterocycles. The highest BCUT2D eigenvalue weighted by Gasteiger charge is 2.16. The average molecular weight is 304 g/mol. The fourth-order valence-corrected chi connectivity index (χ4v) is 1.71. The van der Waals surface area contributed by atoms with E-state index in [-0.39, 0.29) is 18.4 Å². The quantitative estimate of drug-likeness (QED) is 0.889. The van der Waals surface area contributed by atoms with Gasteiger partial charge in [0.15, 0.2) is 0 Å². The van der Waals surface area contributed by atoms with Crippen molar-refractivity contribution in [3.05, 3.63) is 28.2 Å². The average Bonchev–Trinajstić information content (AvgIpc) is 2.32. The number of hydrogen-bond donors (Lipinski definition) is 2. The van der Waals surface area contributed by atoms with Crippen molar-refractivity contribution in [2.45, 2.75) is 13.0 Å². The zero-order valence-electron chi connectivity index (χ0n) is 10.6. The maximum absolute atomic E-state index is 11.7. The SMILES string of the molecule is C[C@@H](N)C(=O)N(C)CC(=O)Nc1ccc(Cl)c(Cl)c1. The van der Waals surface area contributed by atoms with Gasteiger partial charge in [-0.25, -0.2) is 0 Å². The molecule has 104 valence electrons. The minimum atomic E-state index is -0.636. The molecule has 0 fully saturated rings. The lowest BCUT2D eigenvalue weighted by Gasteiger charge is -2.18. The molecule has 0 spiro atoms. The molecule has 0 heterocycles. The Morgan fingerprint density at radius 3 is 2.53 bits per heavy atom. The van der Waals surface area contributed by atoms with Gasteiger partial charge in [0.25, 0.3) is 0 Å². The Kier molecular flexibility index (Phi) is 5.60. The first-order chi connectivity index (χ1) is 8.81. The molecule has 0 bridgehead atoms. The Morgan fingerprint density at radius 2 is 2.00 bits per heavy atom. The summed E-state index contributed by atoms with van der Waals surface area (Å²) >= 11 is 11.6. The van der Waals surface area contributed by atoms with Crippen LogP contribution in [-0.2, 0) is 9.59 Å². The molecule has 2 amide bonds. The van der Waals surface area contributed by atoms with E-state index in [1.165, 1.54) is 18.0 Å². The number of nitrogens with two attached hydrogens (primary N) is 1. The molecule has 0 aliphatic rings. The standard InChI is InChI=1S/C12H15Cl2N3O2/c1-7(15)12(19)17(2)6-11(18)16-8-3-4-9(13)10(14)5-8/h3-5,7H,6,15H2,1-2H3,(H,16,18)/t7-/m1/s1. The van der Waals surface area contributed by atoms with Gasteiger partial charge in [0.05, 0.1) is 22.6 Å². The van der Waals surface area contributed by atoms with E-state index in [1.807, 2.05) is 0 Å². The summed E-state index contributed by atoms with van der Waals surface area (Å²) < 4.78 is 0. The van der Waals surface area contributed by atoms with Gasteiger partial charge in [-0.05, 0) is 25.1 Å². The van der Waals surface area contributed by atoms with Crippen molar-refractivity contribution < 1.29 is 9.59 Å². The van der Waals surface area contributed by atoms with Gasteiger partial charge in [0.2, 0.25) is 11.8 Å². The predicted molar refractivity (Wildman–Crippen MR) is 76.4 cm³/mol. The maximum Gasteiger partial charge on any atom is 0.243 e. The van der Waals surface area contributed by atoms with Crippen LogP contribution in [0.1, 0.15) is 6.92 Å². The highest BCUT2D eigenvalue weighted by Crippen LogP contribution is 2.24. The molecule has 1 aromatic carbocycles. The number of carbonyl (C=O) groups excluding carboxylic acids is 2. The van der Waals surface area contributed by atoms with Crippen LogP contribution in [0.3, 0.4) is 0 Å². The van der Waals surface area contributed by atoms with Gasteiger partial charge >= 0.3 is 0 Å². The molecule has 7 heteroatoms. The Hall–Kier alpha value is -1.30. The molecule has 3 N–H and O–H groups in total. The summed E-state index contributed by atoms with van der Waals surface area (Å²) in [6.07, 6.45) is 0. The van der Waals surface area contributed by atoms with Crippen LogP contribution < -0.4 is 11.1 Å². The maximum atomic E-state index is 11.7. The molecule has 5 nitrogen and oxygen atoms in total. The molecular weight excluding hydrogens is 289 g/mol. The van der Waals surface area contributed by atoms with Crippen LogP contribution in [0, 0.1) is 0 Å². The zero-order chi connectivity index (χ0) is 14.6. The van der Waals surface area contributed by atoms with Gasteiger partial charge < -0.3 is 16.0 Å². The predicted octanol–water partition coefficient (Wildman–Crippen LogP) is 1.74. The molecule has 1 atom stereocenters. The Labute approximate surface area is 121 Å². The van der Waals surface area contributed by atoms with Crippen molar-refractivity contribution in [2.75, 3.05) is 18.9 Å². The third-order valence-electron chi connectivity index (χ3n) is 2.35. The molecule has 0 aliphatic carbocycles. The summed E-state index contributed by atoms with van der Waals surface area (Å²) in [5.41, 5.74) is 5.96. The second-order valence-electron chi connectivity index (χ2n) is 4.16. The molecule has 0 unspecified atom stereocenters. The fourth-order valence-electron chi connectivity index (χ4n) is 1.42. The molecule has 1 aromatic rings.